The molecule has 0 fully saturated rings. The van der Waals surface area contributed by atoms with Crippen molar-refractivity contribution >= 4 is 11.8 Å². The molecule has 0 spiro atoms. The van der Waals surface area contributed by atoms with E-state index in [1.54, 1.807) is 18.2 Å². The van der Waals surface area contributed by atoms with Crippen LogP contribution in [0.25, 0.3) is 0 Å². The van der Waals surface area contributed by atoms with Crippen LogP contribution in [0.5, 0.6) is 0 Å². The van der Waals surface area contributed by atoms with Gasteiger partial charge in [-0.3, -0.25) is 4.79 Å². The molecule has 0 aromatic heterocycles. The number of benzene rings is 1. The van der Waals surface area contributed by atoms with Crippen molar-refractivity contribution in [2.75, 3.05) is 0 Å². The Morgan fingerprint density at radius 1 is 1.24 bits per heavy atom. The Labute approximate surface area is 101 Å². The molecule has 1 aromatic carbocycles. The summed E-state index contributed by atoms with van der Waals surface area (Å²) >= 11 is 0. The highest BCUT2D eigenvalue weighted by Gasteiger charge is 2.23. The summed E-state index contributed by atoms with van der Waals surface area (Å²) in [5.41, 5.74) is 1.73. The lowest BCUT2D eigenvalue weighted by molar-refractivity contribution is 0.00693. The van der Waals surface area contributed by atoms with Gasteiger partial charge in [0.25, 0.3) is 0 Å². The molecule has 0 atom stereocenters. The first-order valence-corrected chi connectivity index (χ1v) is 5.76. The Morgan fingerprint density at radius 3 is 2.59 bits per heavy atom. The van der Waals surface area contributed by atoms with Crippen molar-refractivity contribution in [1.82, 2.24) is 0 Å². The summed E-state index contributed by atoms with van der Waals surface area (Å²) in [5.74, 6) is -0.171. The largest absolute Gasteiger partial charge is 0.456 e. The van der Waals surface area contributed by atoms with E-state index in [-0.39, 0.29) is 11.8 Å². The first-order valence-electron chi connectivity index (χ1n) is 5.76. The normalized spacial score (nSPS) is 14.6. The number of ether oxygens (including phenoxy) is 1. The molecule has 0 saturated heterocycles. The lowest BCUT2D eigenvalue weighted by Crippen LogP contribution is -2.23. The van der Waals surface area contributed by atoms with Gasteiger partial charge in [0, 0.05) is 12.0 Å². The summed E-state index contributed by atoms with van der Waals surface area (Å²) in [4.78, 5) is 23.3. The Kier molecular flexibility index (Phi) is 2.77. The highest BCUT2D eigenvalue weighted by atomic mass is 16.6. The van der Waals surface area contributed by atoms with Gasteiger partial charge in [0.1, 0.15) is 5.60 Å². The van der Waals surface area contributed by atoms with Gasteiger partial charge in [0.05, 0.1) is 5.56 Å². The molecule has 1 aliphatic carbocycles. The third-order valence-electron chi connectivity index (χ3n) is 2.66. The molecule has 3 nitrogen and oxygen atoms in total. The van der Waals surface area contributed by atoms with Crippen LogP contribution in [0, 0.1) is 0 Å². The number of Topliss-reactive ketones (excluding diaryl/α,β-unsaturated/α-hetero) is 1. The highest BCUT2D eigenvalue weighted by Crippen LogP contribution is 2.24. The van der Waals surface area contributed by atoms with E-state index >= 15 is 0 Å². The van der Waals surface area contributed by atoms with Gasteiger partial charge in [-0.25, -0.2) is 4.79 Å². The molecule has 0 unspecified atom stereocenters. The van der Waals surface area contributed by atoms with E-state index < -0.39 is 5.60 Å². The Balaban J connectivity index is 2.24. The molecule has 2 rings (SSSR count). The molecule has 0 heterocycles. The zero-order valence-corrected chi connectivity index (χ0v) is 10.4. The van der Waals surface area contributed by atoms with Crippen LogP contribution in [0.3, 0.4) is 0 Å². The van der Waals surface area contributed by atoms with Gasteiger partial charge < -0.3 is 4.74 Å². The molecule has 0 radical (unpaired) electrons. The molecule has 0 aliphatic heterocycles. The molecule has 17 heavy (non-hydrogen) atoms. The summed E-state index contributed by atoms with van der Waals surface area (Å²) < 4.78 is 5.29. The van der Waals surface area contributed by atoms with Crippen LogP contribution in [0.4, 0.5) is 0 Å². The van der Waals surface area contributed by atoms with E-state index in [4.69, 9.17) is 4.74 Å². The van der Waals surface area contributed by atoms with Gasteiger partial charge in [0.2, 0.25) is 0 Å². The molecule has 1 aromatic rings. The quantitative estimate of drug-likeness (QED) is 0.699. The van der Waals surface area contributed by atoms with Crippen molar-refractivity contribution in [1.29, 1.82) is 0 Å². The fraction of sp³-hybridized carbons (Fsp3) is 0.429. The number of rotatable bonds is 1. The number of hydrogen-bond acceptors (Lipinski definition) is 3. The second kappa shape index (κ2) is 3.99. The van der Waals surface area contributed by atoms with Gasteiger partial charge in [-0.1, -0.05) is 6.07 Å². The van der Waals surface area contributed by atoms with Crippen molar-refractivity contribution in [3.63, 3.8) is 0 Å². The van der Waals surface area contributed by atoms with Crippen LogP contribution in [0.1, 0.15) is 53.5 Å². The van der Waals surface area contributed by atoms with Crippen molar-refractivity contribution < 1.29 is 14.3 Å². The smallest absolute Gasteiger partial charge is 0.338 e. The fourth-order valence-corrected chi connectivity index (χ4v) is 1.92. The van der Waals surface area contributed by atoms with Crippen molar-refractivity contribution in [3.05, 3.63) is 34.9 Å². The summed E-state index contributed by atoms with van der Waals surface area (Å²) in [6, 6.07) is 5.16. The van der Waals surface area contributed by atoms with Gasteiger partial charge in [-0.2, -0.15) is 0 Å². The number of fused-ring (bicyclic) bond motifs is 1. The molecule has 0 saturated carbocycles. The van der Waals surface area contributed by atoms with Crippen molar-refractivity contribution in [2.45, 2.75) is 39.2 Å². The van der Waals surface area contributed by atoms with E-state index in [0.717, 1.165) is 17.5 Å². The van der Waals surface area contributed by atoms with Crippen LogP contribution in [0.15, 0.2) is 18.2 Å². The average molecular weight is 232 g/mol. The zero-order chi connectivity index (χ0) is 12.6. The Bertz CT molecular complexity index is 481. The zero-order valence-electron chi connectivity index (χ0n) is 10.4. The summed E-state index contributed by atoms with van der Waals surface area (Å²) in [6.07, 6.45) is 1.28. The van der Waals surface area contributed by atoms with Crippen LogP contribution in [0.2, 0.25) is 0 Å². The van der Waals surface area contributed by atoms with Crippen molar-refractivity contribution in [2.24, 2.45) is 0 Å². The highest BCUT2D eigenvalue weighted by molar-refractivity contribution is 6.01. The summed E-state index contributed by atoms with van der Waals surface area (Å²) in [5, 5.41) is 0. The average Bonchev–Trinajstić information content (AvgIpc) is 2.57. The number of carbonyl (C=O) groups is 2. The Morgan fingerprint density at radius 2 is 1.94 bits per heavy atom. The van der Waals surface area contributed by atoms with E-state index in [2.05, 4.69) is 0 Å². The predicted molar refractivity (Wildman–Crippen MR) is 64.3 cm³/mol. The standard InChI is InChI=1S/C14H16O3/c1-14(2,3)17-13(16)10-4-6-11-9(8-10)5-7-12(11)15/h4,6,8H,5,7H2,1-3H3. The van der Waals surface area contributed by atoms with Gasteiger partial charge in [-0.15, -0.1) is 0 Å². The Hall–Kier alpha value is -1.64. The second-order valence-electron chi connectivity index (χ2n) is 5.30. The fourth-order valence-electron chi connectivity index (χ4n) is 1.92. The maximum absolute atomic E-state index is 11.8. The molecular weight excluding hydrogens is 216 g/mol. The minimum absolute atomic E-state index is 0.163. The van der Waals surface area contributed by atoms with Crippen molar-refractivity contribution in [3.8, 4) is 0 Å². The van der Waals surface area contributed by atoms with E-state index in [1.807, 2.05) is 20.8 Å². The maximum atomic E-state index is 11.8. The molecule has 1 aliphatic rings. The van der Waals surface area contributed by atoms with E-state index in [0.29, 0.717) is 12.0 Å². The predicted octanol–water partition coefficient (Wildman–Crippen LogP) is 2.77. The minimum Gasteiger partial charge on any atom is -0.456 e. The molecular formula is C14H16O3. The minimum atomic E-state index is -0.494. The third kappa shape index (κ3) is 2.54. The lowest BCUT2D eigenvalue weighted by Gasteiger charge is -2.19. The monoisotopic (exact) mass is 232 g/mol. The molecule has 0 amide bonds. The molecule has 3 heteroatoms. The molecule has 0 bridgehead atoms. The van der Waals surface area contributed by atoms with Crippen LogP contribution in [-0.2, 0) is 11.2 Å². The number of hydrogen-bond donors (Lipinski definition) is 0. The van der Waals surface area contributed by atoms with Gasteiger partial charge >= 0.3 is 5.97 Å². The molecule has 0 N–H and O–H groups in total. The van der Waals surface area contributed by atoms with Gasteiger partial charge in [0.15, 0.2) is 5.78 Å². The second-order valence-corrected chi connectivity index (χ2v) is 5.30. The number of aryl methyl sites for hydroxylation is 1. The number of ketones is 1. The van der Waals surface area contributed by atoms with E-state index in [9.17, 15) is 9.59 Å². The third-order valence-corrected chi connectivity index (χ3v) is 2.66. The SMILES string of the molecule is CC(C)(C)OC(=O)c1ccc2c(c1)CCC2=O. The maximum Gasteiger partial charge on any atom is 0.338 e. The van der Waals surface area contributed by atoms with Gasteiger partial charge in [-0.05, 0) is 44.9 Å². The van der Waals surface area contributed by atoms with Crippen LogP contribution < -0.4 is 0 Å². The topological polar surface area (TPSA) is 43.4 Å². The first-order chi connectivity index (χ1) is 7.87. The van der Waals surface area contributed by atoms with Crippen LogP contribution >= 0.6 is 0 Å². The van der Waals surface area contributed by atoms with E-state index in [1.165, 1.54) is 0 Å². The number of esters is 1. The number of carbonyl (C=O) groups excluding carboxylic acids is 2. The lowest BCUT2D eigenvalue weighted by atomic mass is 10.1. The molecule has 90 valence electrons. The summed E-state index contributed by atoms with van der Waals surface area (Å²) in [6.45, 7) is 5.51. The first kappa shape index (κ1) is 11.8. The van der Waals surface area contributed by atoms with Crippen LogP contribution in [-0.4, -0.2) is 17.4 Å². The summed E-state index contributed by atoms with van der Waals surface area (Å²) in [7, 11) is 0.